The van der Waals surface area contributed by atoms with Gasteiger partial charge in [0.05, 0.1) is 5.56 Å². The van der Waals surface area contributed by atoms with Gasteiger partial charge in [0, 0.05) is 16.6 Å². The van der Waals surface area contributed by atoms with Crippen molar-refractivity contribution in [2.75, 3.05) is 5.32 Å². The van der Waals surface area contributed by atoms with Gasteiger partial charge in [-0.15, -0.1) is 0 Å². The Bertz CT molecular complexity index is 672. The van der Waals surface area contributed by atoms with Gasteiger partial charge in [0.2, 0.25) is 0 Å². The lowest BCUT2D eigenvalue weighted by Gasteiger charge is -2.28. The number of benzene rings is 2. The average molecular weight is 269 g/mol. The Labute approximate surface area is 118 Å². The molecule has 104 valence electrons. The maximum Gasteiger partial charge on any atom is 0.336 e. The van der Waals surface area contributed by atoms with E-state index in [1.807, 2.05) is 30.3 Å². The molecular weight excluding hydrogens is 250 g/mol. The van der Waals surface area contributed by atoms with Crippen LogP contribution in [0.5, 0.6) is 0 Å². The van der Waals surface area contributed by atoms with Crippen LogP contribution in [0.4, 0.5) is 5.69 Å². The Morgan fingerprint density at radius 3 is 2.40 bits per heavy atom. The van der Waals surface area contributed by atoms with Crippen LogP contribution in [0.25, 0.3) is 10.8 Å². The van der Waals surface area contributed by atoms with Gasteiger partial charge in [0.1, 0.15) is 0 Å². The van der Waals surface area contributed by atoms with Crippen molar-refractivity contribution >= 4 is 22.4 Å². The smallest absolute Gasteiger partial charge is 0.336 e. The third-order valence-electron chi connectivity index (χ3n) is 4.21. The van der Waals surface area contributed by atoms with E-state index in [2.05, 4.69) is 19.2 Å². The second kappa shape index (κ2) is 4.51. The largest absolute Gasteiger partial charge is 0.478 e. The summed E-state index contributed by atoms with van der Waals surface area (Å²) in [5.74, 6) is -0.172. The first kappa shape index (κ1) is 13.0. The number of fused-ring (bicyclic) bond motifs is 1. The molecule has 3 heteroatoms. The molecule has 2 aromatic carbocycles. The molecule has 0 bridgehead atoms. The molecule has 0 aliphatic heterocycles. The van der Waals surface area contributed by atoms with Gasteiger partial charge in [-0.25, -0.2) is 4.79 Å². The van der Waals surface area contributed by atoms with Crippen molar-refractivity contribution in [3.63, 3.8) is 0 Å². The average Bonchev–Trinajstić information content (AvgIpc) is 3.23. The molecule has 20 heavy (non-hydrogen) atoms. The van der Waals surface area contributed by atoms with Gasteiger partial charge in [0.15, 0.2) is 0 Å². The Kier molecular flexibility index (Phi) is 2.93. The van der Waals surface area contributed by atoms with E-state index in [-0.39, 0.29) is 5.54 Å². The van der Waals surface area contributed by atoms with Gasteiger partial charge in [-0.05, 0) is 50.1 Å². The summed E-state index contributed by atoms with van der Waals surface area (Å²) in [7, 11) is 0. The summed E-state index contributed by atoms with van der Waals surface area (Å²) in [5.41, 5.74) is 1.42. The Hall–Kier alpha value is -2.03. The fourth-order valence-electron chi connectivity index (χ4n) is 2.85. The topological polar surface area (TPSA) is 49.3 Å². The number of carboxylic acids is 1. The number of anilines is 1. The minimum atomic E-state index is -0.880. The molecule has 3 nitrogen and oxygen atoms in total. The first-order valence-electron chi connectivity index (χ1n) is 7.02. The molecule has 1 fully saturated rings. The first-order chi connectivity index (χ1) is 9.49. The number of hydrogen-bond acceptors (Lipinski definition) is 2. The highest BCUT2D eigenvalue weighted by Gasteiger charge is 2.37. The summed E-state index contributed by atoms with van der Waals surface area (Å²) in [6, 6.07) is 11.3. The Morgan fingerprint density at radius 2 is 1.80 bits per heavy atom. The minimum Gasteiger partial charge on any atom is -0.478 e. The third kappa shape index (κ3) is 2.24. The number of nitrogens with one attached hydrogen (secondary N) is 1. The number of carbonyl (C=O) groups is 1. The highest BCUT2D eigenvalue weighted by atomic mass is 16.4. The lowest BCUT2D eigenvalue weighted by Crippen LogP contribution is -2.33. The van der Waals surface area contributed by atoms with Crippen molar-refractivity contribution < 1.29 is 9.90 Å². The van der Waals surface area contributed by atoms with E-state index in [1.165, 1.54) is 12.8 Å². The molecule has 0 spiro atoms. The molecule has 0 amide bonds. The first-order valence-corrected chi connectivity index (χ1v) is 7.02. The zero-order valence-electron chi connectivity index (χ0n) is 11.8. The van der Waals surface area contributed by atoms with E-state index in [9.17, 15) is 9.90 Å². The minimum absolute atomic E-state index is 0.0491. The summed E-state index contributed by atoms with van der Waals surface area (Å²) in [4.78, 5) is 11.3. The fourth-order valence-corrected chi connectivity index (χ4v) is 2.85. The van der Waals surface area contributed by atoms with Crippen molar-refractivity contribution in [2.24, 2.45) is 5.92 Å². The molecule has 0 aromatic heterocycles. The maximum absolute atomic E-state index is 11.3. The van der Waals surface area contributed by atoms with Crippen molar-refractivity contribution in [1.29, 1.82) is 0 Å². The molecule has 2 aromatic rings. The van der Waals surface area contributed by atoms with Crippen molar-refractivity contribution in [1.82, 2.24) is 0 Å². The van der Waals surface area contributed by atoms with Crippen LogP contribution in [-0.4, -0.2) is 16.6 Å². The van der Waals surface area contributed by atoms with Crippen molar-refractivity contribution in [2.45, 2.75) is 32.2 Å². The zero-order chi connectivity index (χ0) is 14.3. The van der Waals surface area contributed by atoms with E-state index < -0.39 is 5.97 Å². The molecule has 2 N–H and O–H groups in total. The number of hydrogen-bond donors (Lipinski definition) is 2. The van der Waals surface area contributed by atoms with Crippen molar-refractivity contribution in [3.05, 3.63) is 42.0 Å². The summed E-state index contributed by atoms with van der Waals surface area (Å²) in [5, 5.41) is 14.6. The molecule has 0 radical (unpaired) electrons. The summed E-state index contributed by atoms with van der Waals surface area (Å²) in [6.07, 6.45) is 2.54. The molecule has 0 saturated heterocycles. The van der Waals surface area contributed by atoms with E-state index in [1.54, 1.807) is 6.07 Å². The second-order valence-electron chi connectivity index (χ2n) is 6.13. The fraction of sp³-hybridized carbons (Fsp3) is 0.353. The lowest BCUT2D eigenvalue weighted by atomic mass is 9.96. The van der Waals surface area contributed by atoms with Gasteiger partial charge < -0.3 is 10.4 Å². The van der Waals surface area contributed by atoms with Crippen LogP contribution in [0.15, 0.2) is 36.4 Å². The Morgan fingerprint density at radius 1 is 1.15 bits per heavy atom. The van der Waals surface area contributed by atoms with Gasteiger partial charge >= 0.3 is 5.97 Å². The predicted octanol–water partition coefficient (Wildman–Crippen LogP) is 4.14. The van der Waals surface area contributed by atoms with Crippen LogP contribution < -0.4 is 5.32 Å². The quantitative estimate of drug-likeness (QED) is 0.877. The van der Waals surface area contributed by atoms with Gasteiger partial charge in [-0.1, -0.05) is 24.3 Å². The lowest BCUT2D eigenvalue weighted by molar-refractivity contribution is 0.0699. The monoisotopic (exact) mass is 269 g/mol. The zero-order valence-corrected chi connectivity index (χ0v) is 11.8. The summed E-state index contributed by atoms with van der Waals surface area (Å²) in [6.45, 7) is 4.43. The number of carboxylic acid groups (broad SMARTS) is 1. The predicted molar refractivity (Wildman–Crippen MR) is 81.3 cm³/mol. The van der Waals surface area contributed by atoms with Crippen molar-refractivity contribution in [3.8, 4) is 0 Å². The summed E-state index contributed by atoms with van der Waals surface area (Å²) < 4.78 is 0. The third-order valence-corrected chi connectivity index (χ3v) is 4.21. The molecule has 1 saturated carbocycles. The van der Waals surface area contributed by atoms with Crippen LogP contribution >= 0.6 is 0 Å². The molecule has 3 rings (SSSR count). The van der Waals surface area contributed by atoms with E-state index >= 15 is 0 Å². The van der Waals surface area contributed by atoms with Gasteiger partial charge in [-0.2, -0.15) is 0 Å². The molecule has 1 aliphatic rings. The normalized spacial score (nSPS) is 15.3. The maximum atomic E-state index is 11.3. The molecular formula is C17H19NO2. The van der Waals surface area contributed by atoms with Crippen LogP contribution in [-0.2, 0) is 0 Å². The van der Waals surface area contributed by atoms with Gasteiger partial charge in [-0.3, -0.25) is 0 Å². The van der Waals surface area contributed by atoms with E-state index in [4.69, 9.17) is 0 Å². The van der Waals surface area contributed by atoms with Gasteiger partial charge in [0.25, 0.3) is 0 Å². The van der Waals surface area contributed by atoms with Crippen LogP contribution in [0.3, 0.4) is 0 Å². The highest BCUT2D eigenvalue weighted by Crippen LogP contribution is 2.42. The second-order valence-corrected chi connectivity index (χ2v) is 6.13. The number of rotatable bonds is 4. The van der Waals surface area contributed by atoms with E-state index in [0.717, 1.165) is 16.5 Å². The summed E-state index contributed by atoms with van der Waals surface area (Å²) >= 11 is 0. The Balaban J connectivity index is 2.08. The van der Waals surface area contributed by atoms with E-state index in [0.29, 0.717) is 11.5 Å². The van der Waals surface area contributed by atoms with Crippen LogP contribution in [0, 0.1) is 5.92 Å². The number of aromatic carboxylic acids is 1. The molecule has 0 heterocycles. The standard InChI is InChI=1S/C17H19NO2/c1-17(2,11-7-8-11)18-15-10-9-14(16(19)20)12-5-3-4-6-13(12)15/h3-6,9-11,18H,7-8H2,1-2H3,(H,19,20). The molecule has 1 aliphatic carbocycles. The highest BCUT2D eigenvalue weighted by molar-refractivity contribution is 6.07. The van der Waals surface area contributed by atoms with Crippen LogP contribution in [0.2, 0.25) is 0 Å². The molecule has 0 atom stereocenters. The van der Waals surface area contributed by atoms with Crippen LogP contribution in [0.1, 0.15) is 37.0 Å². The SMILES string of the molecule is CC(C)(Nc1ccc(C(=O)O)c2ccccc12)C1CC1. The molecule has 0 unspecified atom stereocenters.